The Hall–Kier alpha value is -2.73. The van der Waals surface area contributed by atoms with Crippen LogP contribution in [-0.2, 0) is 24.0 Å². The van der Waals surface area contributed by atoms with Gasteiger partial charge in [-0.2, -0.15) is 0 Å². The predicted octanol–water partition coefficient (Wildman–Crippen LogP) is -0.563. The maximum atomic E-state index is 12.9. The Morgan fingerprint density at radius 3 is 1.65 bits per heavy atom. The fourth-order valence-corrected chi connectivity index (χ4v) is 3.22. The summed E-state index contributed by atoms with van der Waals surface area (Å²) in [6.45, 7) is 10.5. The lowest BCUT2D eigenvalue weighted by Crippen LogP contribution is -2.58. The van der Waals surface area contributed by atoms with Gasteiger partial charge in [-0.15, -0.1) is 0 Å². The molecule has 0 radical (unpaired) electrons. The average Bonchev–Trinajstić information content (AvgIpc) is 2.67. The number of carbonyl (C=O) groups is 5. The molecule has 0 aromatic rings. The maximum absolute atomic E-state index is 12.9. The summed E-state index contributed by atoms with van der Waals surface area (Å²) in [6.07, 6.45) is -1.69. The highest BCUT2D eigenvalue weighted by Gasteiger charge is 2.33. The Labute approximate surface area is 200 Å². The Morgan fingerprint density at radius 1 is 0.765 bits per heavy atom. The van der Waals surface area contributed by atoms with Gasteiger partial charge in [0.2, 0.25) is 17.7 Å². The third kappa shape index (κ3) is 11.4. The van der Waals surface area contributed by atoms with Gasteiger partial charge in [0.15, 0.2) is 0 Å². The number of rotatable bonds is 15. The molecule has 3 amide bonds. The lowest BCUT2D eigenvalue weighted by atomic mass is 9.97. The lowest BCUT2D eigenvalue weighted by Gasteiger charge is -2.28. The molecular formula is C22H40N4O8. The van der Waals surface area contributed by atoms with Gasteiger partial charge in [0.1, 0.15) is 18.1 Å². The molecule has 12 nitrogen and oxygen atoms in total. The van der Waals surface area contributed by atoms with Crippen molar-refractivity contribution in [2.24, 2.45) is 23.5 Å². The van der Waals surface area contributed by atoms with Crippen molar-refractivity contribution in [2.75, 3.05) is 0 Å². The van der Waals surface area contributed by atoms with E-state index in [2.05, 4.69) is 16.0 Å². The van der Waals surface area contributed by atoms with Gasteiger partial charge in [-0.1, -0.05) is 41.5 Å². The van der Waals surface area contributed by atoms with Crippen LogP contribution < -0.4 is 21.7 Å². The molecule has 0 aromatic heterocycles. The minimum absolute atomic E-state index is 0.234. The highest BCUT2D eigenvalue weighted by Crippen LogP contribution is 2.11. The molecule has 0 spiro atoms. The van der Waals surface area contributed by atoms with Crippen molar-refractivity contribution in [3.05, 3.63) is 0 Å². The molecule has 12 heteroatoms. The molecule has 0 heterocycles. The highest BCUT2D eigenvalue weighted by atomic mass is 16.4. The van der Waals surface area contributed by atoms with Crippen LogP contribution in [-0.4, -0.2) is 75.3 Å². The van der Waals surface area contributed by atoms with Crippen molar-refractivity contribution >= 4 is 29.7 Å². The lowest BCUT2D eigenvalue weighted by molar-refractivity contribution is -0.147. The first kappa shape index (κ1) is 31.3. The van der Waals surface area contributed by atoms with Crippen molar-refractivity contribution in [1.82, 2.24) is 16.0 Å². The molecular weight excluding hydrogens is 448 g/mol. The molecule has 0 aliphatic rings. The average molecular weight is 489 g/mol. The van der Waals surface area contributed by atoms with E-state index in [1.807, 2.05) is 13.8 Å². The van der Waals surface area contributed by atoms with E-state index in [4.69, 9.17) is 15.9 Å². The Bertz CT molecular complexity index is 726. The van der Waals surface area contributed by atoms with Crippen LogP contribution >= 0.6 is 0 Å². The molecule has 34 heavy (non-hydrogen) atoms. The number of aliphatic hydroxyl groups is 1. The number of aliphatic hydroxyl groups excluding tert-OH is 1. The largest absolute Gasteiger partial charge is 0.481 e. The first-order valence-corrected chi connectivity index (χ1v) is 11.3. The van der Waals surface area contributed by atoms with E-state index < -0.39 is 72.3 Å². The monoisotopic (exact) mass is 488 g/mol. The quantitative estimate of drug-likeness (QED) is 0.157. The zero-order valence-corrected chi connectivity index (χ0v) is 20.7. The summed E-state index contributed by atoms with van der Waals surface area (Å²) in [5.74, 6) is -5.66. The molecule has 0 fully saturated rings. The number of nitrogens with one attached hydrogen (secondary N) is 3. The molecule has 196 valence electrons. The van der Waals surface area contributed by atoms with E-state index in [-0.39, 0.29) is 18.3 Å². The van der Waals surface area contributed by atoms with E-state index in [0.29, 0.717) is 6.42 Å². The van der Waals surface area contributed by atoms with Gasteiger partial charge in [-0.05, 0) is 24.2 Å². The maximum Gasteiger partial charge on any atom is 0.326 e. The first-order chi connectivity index (χ1) is 15.6. The van der Waals surface area contributed by atoms with Crippen LogP contribution in [0.3, 0.4) is 0 Å². The van der Waals surface area contributed by atoms with Crippen LogP contribution in [0.1, 0.15) is 60.8 Å². The minimum Gasteiger partial charge on any atom is -0.481 e. The summed E-state index contributed by atoms with van der Waals surface area (Å²) in [5.41, 5.74) is 5.91. The number of hydrogen-bond donors (Lipinski definition) is 7. The van der Waals surface area contributed by atoms with Crippen molar-refractivity contribution in [3.8, 4) is 0 Å². The van der Waals surface area contributed by atoms with Crippen molar-refractivity contribution in [1.29, 1.82) is 0 Å². The number of nitrogens with two attached hydrogens (primary N) is 1. The van der Waals surface area contributed by atoms with Gasteiger partial charge in [0.05, 0.1) is 18.9 Å². The van der Waals surface area contributed by atoms with Crippen LogP contribution in [0.15, 0.2) is 0 Å². The van der Waals surface area contributed by atoms with E-state index in [0.717, 1.165) is 0 Å². The van der Waals surface area contributed by atoms with E-state index in [9.17, 15) is 29.1 Å². The number of amides is 3. The second kappa shape index (κ2) is 14.5. The third-order valence-corrected chi connectivity index (χ3v) is 5.14. The molecule has 0 bridgehead atoms. The van der Waals surface area contributed by atoms with E-state index in [1.54, 1.807) is 27.7 Å². The number of hydrogen-bond acceptors (Lipinski definition) is 7. The number of carbonyl (C=O) groups excluding carboxylic acids is 3. The van der Waals surface area contributed by atoms with E-state index in [1.165, 1.54) is 0 Å². The molecule has 8 N–H and O–H groups in total. The molecule has 0 saturated heterocycles. The standard InChI is InChI=1S/C22H40N4O8/c1-10(2)7-13(23)15(27)9-16(28)25-18(11(3)4)21(32)26-19(12(5)6)20(31)24-14(22(33)34)8-17(29)30/h10-15,18-19,27H,7-9,23H2,1-6H3,(H,24,31)(H,25,28)(H,26,32)(H,29,30)(H,33,34)/t13-,14-,15-,18-,19-/m0/s1. The number of carboxylic acids is 2. The van der Waals surface area contributed by atoms with Crippen LogP contribution in [0.2, 0.25) is 0 Å². The second-order valence-electron chi connectivity index (χ2n) is 9.58. The fraction of sp³-hybridized carbons (Fsp3) is 0.773. The summed E-state index contributed by atoms with van der Waals surface area (Å²) in [7, 11) is 0. The molecule has 0 saturated carbocycles. The summed E-state index contributed by atoms with van der Waals surface area (Å²) in [4.78, 5) is 60.1. The van der Waals surface area contributed by atoms with Gasteiger partial charge >= 0.3 is 11.9 Å². The highest BCUT2D eigenvalue weighted by molar-refractivity contribution is 5.94. The van der Waals surface area contributed by atoms with Crippen molar-refractivity contribution < 1.29 is 39.3 Å². The fourth-order valence-electron chi connectivity index (χ4n) is 3.22. The number of carboxylic acid groups (broad SMARTS) is 2. The molecule has 0 aliphatic heterocycles. The van der Waals surface area contributed by atoms with Crippen molar-refractivity contribution in [2.45, 2.75) is 91.1 Å². The topological polar surface area (TPSA) is 208 Å². The predicted molar refractivity (Wildman–Crippen MR) is 123 cm³/mol. The van der Waals surface area contributed by atoms with E-state index >= 15 is 0 Å². The number of aliphatic carboxylic acids is 2. The second-order valence-corrected chi connectivity index (χ2v) is 9.58. The molecule has 0 aliphatic carbocycles. The molecule has 5 atom stereocenters. The Balaban J connectivity index is 5.30. The smallest absolute Gasteiger partial charge is 0.326 e. The van der Waals surface area contributed by atoms with Crippen LogP contribution in [0.5, 0.6) is 0 Å². The first-order valence-electron chi connectivity index (χ1n) is 11.3. The van der Waals surface area contributed by atoms with Gasteiger partial charge in [0.25, 0.3) is 0 Å². The summed E-state index contributed by atoms with van der Waals surface area (Å²) in [6, 6.07) is -4.48. The molecule has 0 aromatic carbocycles. The Kier molecular flexibility index (Phi) is 13.3. The molecule has 0 unspecified atom stereocenters. The summed E-state index contributed by atoms with van der Waals surface area (Å²) < 4.78 is 0. The van der Waals surface area contributed by atoms with Gasteiger partial charge in [0, 0.05) is 6.04 Å². The van der Waals surface area contributed by atoms with Crippen LogP contribution in [0, 0.1) is 17.8 Å². The summed E-state index contributed by atoms with van der Waals surface area (Å²) in [5, 5.41) is 35.4. The van der Waals surface area contributed by atoms with Gasteiger partial charge in [-0.25, -0.2) is 4.79 Å². The SMILES string of the molecule is CC(C)C[C@H](N)[C@@H](O)CC(=O)N[C@H](C(=O)N[C@H](C(=O)N[C@@H](CC(=O)O)C(=O)O)C(C)C)C(C)C. The van der Waals surface area contributed by atoms with Gasteiger partial charge in [-0.3, -0.25) is 19.2 Å². The zero-order valence-electron chi connectivity index (χ0n) is 20.7. The summed E-state index contributed by atoms with van der Waals surface area (Å²) >= 11 is 0. The molecule has 0 rings (SSSR count). The normalized spacial score (nSPS) is 15.9. The third-order valence-electron chi connectivity index (χ3n) is 5.14. The Morgan fingerprint density at radius 2 is 1.24 bits per heavy atom. The minimum atomic E-state index is -1.67. The van der Waals surface area contributed by atoms with Crippen molar-refractivity contribution in [3.63, 3.8) is 0 Å². The van der Waals surface area contributed by atoms with Gasteiger partial charge < -0.3 is 37.0 Å². The van der Waals surface area contributed by atoms with Crippen LogP contribution in [0.25, 0.3) is 0 Å². The zero-order chi connectivity index (χ0) is 26.7. The van der Waals surface area contributed by atoms with Crippen LogP contribution in [0.4, 0.5) is 0 Å².